The highest BCUT2D eigenvalue weighted by Crippen LogP contribution is 2.39. The SMILES string of the molecule is CC1(C)Cc2c(sc(NC(=S)NCc3ccccc3)c2C#N)CO1. The number of anilines is 1. The van der Waals surface area contributed by atoms with Gasteiger partial charge in [-0.2, -0.15) is 5.26 Å². The van der Waals surface area contributed by atoms with Gasteiger partial charge in [0, 0.05) is 17.8 Å². The van der Waals surface area contributed by atoms with E-state index in [0.29, 0.717) is 23.8 Å². The first kappa shape index (κ1) is 16.9. The van der Waals surface area contributed by atoms with Gasteiger partial charge in [-0.3, -0.25) is 0 Å². The second-order valence-electron chi connectivity index (χ2n) is 6.34. The van der Waals surface area contributed by atoms with Crippen LogP contribution in [0.5, 0.6) is 0 Å². The minimum atomic E-state index is -0.233. The third-order valence-electron chi connectivity index (χ3n) is 3.92. The van der Waals surface area contributed by atoms with Crippen LogP contribution in [-0.2, 0) is 24.3 Å². The first-order valence-corrected chi connectivity index (χ1v) is 8.98. The number of ether oxygens (including phenoxy) is 1. The highest BCUT2D eigenvalue weighted by molar-refractivity contribution is 7.80. The molecule has 0 radical (unpaired) electrons. The molecule has 124 valence electrons. The lowest BCUT2D eigenvalue weighted by atomic mass is 9.93. The number of fused-ring (bicyclic) bond motifs is 1. The standard InChI is InChI=1S/C18H19N3OS2/c1-18(2)8-13-14(9-19)16(24-15(13)11-22-18)21-17(23)20-10-12-6-4-3-5-7-12/h3-7H,8,10-11H2,1-2H3,(H2,20,21,23). The summed E-state index contributed by atoms with van der Waals surface area (Å²) in [6.45, 7) is 5.30. The van der Waals surface area contributed by atoms with Gasteiger partial charge in [0.2, 0.25) is 0 Å². The molecule has 0 saturated heterocycles. The fraction of sp³-hybridized carbons (Fsp3) is 0.333. The molecule has 6 heteroatoms. The van der Waals surface area contributed by atoms with E-state index in [-0.39, 0.29) is 5.60 Å². The number of hydrogen-bond acceptors (Lipinski definition) is 4. The van der Waals surface area contributed by atoms with Crippen molar-refractivity contribution in [3.63, 3.8) is 0 Å². The molecule has 24 heavy (non-hydrogen) atoms. The predicted octanol–water partition coefficient (Wildman–Crippen LogP) is 3.96. The summed E-state index contributed by atoms with van der Waals surface area (Å²) in [5, 5.41) is 17.2. The average Bonchev–Trinajstić information content (AvgIpc) is 2.89. The van der Waals surface area contributed by atoms with Crippen molar-refractivity contribution in [2.45, 2.75) is 39.0 Å². The lowest BCUT2D eigenvalue weighted by Crippen LogP contribution is -2.31. The molecule has 0 atom stereocenters. The predicted molar refractivity (Wildman–Crippen MR) is 101 cm³/mol. The van der Waals surface area contributed by atoms with E-state index in [2.05, 4.69) is 16.7 Å². The Morgan fingerprint density at radius 1 is 1.38 bits per heavy atom. The molecule has 0 fully saturated rings. The van der Waals surface area contributed by atoms with Crippen molar-refractivity contribution in [3.05, 3.63) is 51.9 Å². The van der Waals surface area contributed by atoms with Crippen molar-refractivity contribution in [3.8, 4) is 6.07 Å². The molecule has 1 aromatic heterocycles. The van der Waals surface area contributed by atoms with Crippen molar-refractivity contribution in [2.75, 3.05) is 5.32 Å². The Hall–Kier alpha value is -1.94. The van der Waals surface area contributed by atoms with Gasteiger partial charge in [0.1, 0.15) is 11.1 Å². The van der Waals surface area contributed by atoms with Gasteiger partial charge in [0.05, 0.1) is 17.8 Å². The maximum atomic E-state index is 9.57. The molecule has 0 aliphatic carbocycles. The molecule has 1 aliphatic rings. The number of hydrogen-bond donors (Lipinski definition) is 2. The fourth-order valence-electron chi connectivity index (χ4n) is 2.69. The summed E-state index contributed by atoms with van der Waals surface area (Å²) in [6, 6.07) is 12.4. The van der Waals surface area contributed by atoms with E-state index >= 15 is 0 Å². The van der Waals surface area contributed by atoms with Gasteiger partial charge in [-0.1, -0.05) is 30.3 Å². The summed E-state index contributed by atoms with van der Waals surface area (Å²) in [6.07, 6.45) is 0.744. The van der Waals surface area contributed by atoms with Crippen LogP contribution < -0.4 is 10.6 Å². The summed E-state index contributed by atoms with van der Waals surface area (Å²) in [5.74, 6) is 0. The van der Waals surface area contributed by atoms with Crippen LogP contribution in [0.4, 0.5) is 5.00 Å². The Labute approximate surface area is 151 Å². The zero-order valence-electron chi connectivity index (χ0n) is 13.7. The maximum absolute atomic E-state index is 9.57. The van der Waals surface area contributed by atoms with Gasteiger partial charge in [-0.15, -0.1) is 11.3 Å². The highest BCUT2D eigenvalue weighted by atomic mass is 32.1. The normalized spacial score (nSPS) is 15.2. The lowest BCUT2D eigenvalue weighted by molar-refractivity contribution is -0.0383. The Bertz CT molecular complexity index is 791. The minimum Gasteiger partial charge on any atom is -0.370 e. The number of rotatable bonds is 3. The summed E-state index contributed by atoms with van der Waals surface area (Å²) in [7, 11) is 0. The highest BCUT2D eigenvalue weighted by Gasteiger charge is 2.31. The van der Waals surface area contributed by atoms with Gasteiger partial charge >= 0.3 is 0 Å². The first-order chi connectivity index (χ1) is 11.5. The number of benzene rings is 1. The van der Waals surface area contributed by atoms with Crippen LogP contribution in [0.1, 0.15) is 35.4 Å². The van der Waals surface area contributed by atoms with Gasteiger partial charge in [0.15, 0.2) is 5.11 Å². The number of nitrogens with one attached hydrogen (secondary N) is 2. The van der Waals surface area contributed by atoms with E-state index in [1.54, 1.807) is 11.3 Å². The number of thiocarbonyl (C=S) groups is 1. The number of thiophene rings is 1. The van der Waals surface area contributed by atoms with Gasteiger partial charge in [-0.25, -0.2) is 0 Å². The van der Waals surface area contributed by atoms with E-state index < -0.39 is 0 Å². The molecule has 1 aromatic carbocycles. The summed E-state index contributed by atoms with van der Waals surface area (Å²) < 4.78 is 5.84. The second-order valence-corrected chi connectivity index (χ2v) is 7.85. The molecule has 3 rings (SSSR count). The molecular formula is C18H19N3OS2. The lowest BCUT2D eigenvalue weighted by Gasteiger charge is -2.29. The molecule has 2 aromatic rings. The van der Waals surface area contributed by atoms with Crippen molar-refractivity contribution in [1.29, 1.82) is 5.26 Å². The van der Waals surface area contributed by atoms with Crippen molar-refractivity contribution >= 4 is 33.7 Å². The topological polar surface area (TPSA) is 57.1 Å². The van der Waals surface area contributed by atoms with E-state index in [4.69, 9.17) is 17.0 Å². The molecule has 2 N–H and O–H groups in total. The third-order valence-corrected chi connectivity index (χ3v) is 5.29. The summed E-state index contributed by atoms with van der Waals surface area (Å²) in [5.41, 5.74) is 2.70. The fourth-order valence-corrected chi connectivity index (χ4v) is 4.01. The quantitative estimate of drug-likeness (QED) is 0.815. The average molecular weight is 358 g/mol. The molecule has 0 unspecified atom stereocenters. The minimum absolute atomic E-state index is 0.233. The molecule has 0 saturated carbocycles. The van der Waals surface area contributed by atoms with Crippen LogP contribution in [0.25, 0.3) is 0 Å². The van der Waals surface area contributed by atoms with Crippen molar-refractivity contribution in [1.82, 2.24) is 5.32 Å². The zero-order valence-corrected chi connectivity index (χ0v) is 15.3. The maximum Gasteiger partial charge on any atom is 0.171 e. The molecule has 0 bridgehead atoms. The van der Waals surface area contributed by atoms with Crippen LogP contribution in [0.3, 0.4) is 0 Å². The molecule has 0 spiro atoms. The van der Waals surface area contributed by atoms with E-state index in [1.807, 2.05) is 44.2 Å². The Morgan fingerprint density at radius 2 is 2.12 bits per heavy atom. The molecular weight excluding hydrogens is 338 g/mol. The van der Waals surface area contributed by atoms with Crippen LogP contribution in [0.2, 0.25) is 0 Å². The van der Waals surface area contributed by atoms with E-state index in [1.165, 1.54) is 0 Å². The molecule has 4 nitrogen and oxygen atoms in total. The Morgan fingerprint density at radius 3 is 2.83 bits per heavy atom. The summed E-state index contributed by atoms with van der Waals surface area (Å²) >= 11 is 6.92. The van der Waals surface area contributed by atoms with Crippen LogP contribution in [0, 0.1) is 11.3 Å². The van der Waals surface area contributed by atoms with Crippen LogP contribution in [0.15, 0.2) is 30.3 Å². The number of nitrogens with zero attached hydrogens (tertiary/aromatic N) is 1. The van der Waals surface area contributed by atoms with E-state index in [0.717, 1.165) is 27.4 Å². The Balaban J connectivity index is 1.70. The Kier molecular flexibility index (Phi) is 4.86. The summed E-state index contributed by atoms with van der Waals surface area (Å²) in [4.78, 5) is 1.11. The smallest absolute Gasteiger partial charge is 0.171 e. The second kappa shape index (κ2) is 6.89. The van der Waals surface area contributed by atoms with E-state index in [9.17, 15) is 5.26 Å². The van der Waals surface area contributed by atoms with Gasteiger partial charge < -0.3 is 15.4 Å². The monoisotopic (exact) mass is 357 g/mol. The molecule has 0 amide bonds. The van der Waals surface area contributed by atoms with Gasteiger partial charge in [0.25, 0.3) is 0 Å². The molecule has 2 heterocycles. The largest absolute Gasteiger partial charge is 0.370 e. The third kappa shape index (κ3) is 3.75. The first-order valence-electron chi connectivity index (χ1n) is 7.76. The van der Waals surface area contributed by atoms with Gasteiger partial charge in [-0.05, 0) is 37.2 Å². The number of nitriles is 1. The van der Waals surface area contributed by atoms with Crippen LogP contribution in [-0.4, -0.2) is 10.7 Å². The van der Waals surface area contributed by atoms with Crippen LogP contribution >= 0.6 is 23.6 Å². The zero-order chi connectivity index (χ0) is 17.2. The molecule has 1 aliphatic heterocycles. The van der Waals surface area contributed by atoms with Crippen molar-refractivity contribution in [2.24, 2.45) is 0 Å². The van der Waals surface area contributed by atoms with Crippen molar-refractivity contribution < 1.29 is 4.74 Å².